The molecule has 7 nitrogen and oxygen atoms in total. The molecule has 3 rings (SSSR count). The van der Waals surface area contributed by atoms with Crippen molar-refractivity contribution in [3.8, 4) is 11.4 Å². The van der Waals surface area contributed by atoms with E-state index in [4.69, 9.17) is 4.74 Å². The lowest BCUT2D eigenvalue weighted by atomic mass is 10.2. The molecule has 0 saturated heterocycles. The zero-order valence-electron chi connectivity index (χ0n) is 14.1. The van der Waals surface area contributed by atoms with Crippen molar-refractivity contribution >= 4 is 5.91 Å². The Bertz CT molecular complexity index is 858. The zero-order valence-corrected chi connectivity index (χ0v) is 14.1. The number of para-hydroxylation sites is 1. The minimum absolute atomic E-state index is 0.209. The van der Waals surface area contributed by atoms with E-state index in [9.17, 15) is 4.79 Å². The van der Waals surface area contributed by atoms with Gasteiger partial charge in [-0.05, 0) is 48.5 Å². The highest BCUT2D eigenvalue weighted by molar-refractivity contribution is 5.96. The van der Waals surface area contributed by atoms with Crippen LogP contribution in [0.25, 0.3) is 5.69 Å². The highest BCUT2D eigenvalue weighted by atomic mass is 16.5. The Hall–Kier alpha value is -3.22. The molecule has 2 aromatic carbocycles. The number of nitrogens with one attached hydrogen (secondary N) is 1. The maximum absolute atomic E-state index is 12.5. The summed E-state index contributed by atoms with van der Waals surface area (Å²) in [5.74, 6) is 0.870. The predicted octanol–water partition coefficient (Wildman–Crippen LogP) is 2.30. The Balaban J connectivity index is 1.74. The molecule has 0 atom stereocenters. The summed E-state index contributed by atoms with van der Waals surface area (Å²) in [6.07, 6.45) is 0. The molecule has 0 radical (unpaired) electrons. The van der Waals surface area contributed by atoms with Crippen molar-refractivity contribution in [3.63, 3.8) is 0 Å². The largest absolute Gasteiger partial charge is 0.493 e. The van der Waals surface area contributed by atoms with Gasteiger partial charge in [0.05, 0.1) is 24.4 Å². The fourth-order valence-corrected chi connectivity index (χ4v) is 2.39. The van der Waals surface area contributed by atoms with Crippen LogP contribution >= 0.6 is 0 Å². The number of benzene rings is 2. The van der Waals surface area contributed by atoms with E-state index in [-0.39, 0.29) is 12.5 Å². The molecule has 128 valence electrons. The monoisotopic (exact) mass is 337 g/mol. The highest BCUT2D eigenvalue weighted by Crippen LogP contribution is 2.18. The van der Waals surface area contributed by atoms with Crippen LogP contribution in [0.5, 0.6) is 5.75 Å². The average molecular weight is 337 g/mol. The van der Waals surface area contributed by atoms with Crippen LogP contribution in [-0.2, 0) is 6.54 Å². The van der Waals surface area contributed by atoms with Gasteiger partial charge < -0.3 is 10.1 Å². The number of ether oxygens (including phenoxy) is 1. The van der Waals surface area contributed by atoms with Gasteiger partial charge in [0, 0.05) is 0 Å². The van der Waals surface area contributed by atoms with E-state index >= 15 is 0 Å². The van der Waals surface area contributed by atoms with Crippen molar-refractivity contribution in [2.45, 2.75) is 20.4 Å². The molecule has 0 aliphatic rings. The third-order valence-corrected chi connectivity index (χ3v) is 3.65. The van der Waals surface area contributed by atoms with Crippen molar-refractivity contribution in [3.05, 3.63) is 65.5 Å². The Morgan fingerprint density at radius 1 is 1.16 bits per heavy atom. The minimum Gasteiger partial charge on any atom is -0.493 e. The minimum atomic E-state index is -0.234. The average Bonchev–Trinajstić information content (AvgIpc) is 3.09. The van der Waals surface area contributed by atoms with Crippen molar-refractivity contribution in [2.75, 3.05) is 6.61 Å². The molecule has 0 fully saturated rings. The first-order valence-corrected chi connectivity index (χ1v) is 8.03. The number of nitrogens with zero attached hydrogens (tertiary/aromatic N) is 4. The van der Waals surface area contributed by atoms with Crippen LogP contribution in [0.3, 0.4) is 0 Å². The number of aromatic nitrogens is 4. The van der Waals surface area contributed by atoms with Gasteiger partial charge in [0.15, 0.2) is 5.82 Å². The fourth-order valence-electron chi connectivity index (χ4n) is 2.39. The van der Waals surface area contributed by atoms with E-state index in [1.807, 2.05) is 44.2 Å². The molecule has 3 aromatic rings. The van der Waals surface area contributed by atoms with E-state index in [1.54, 1.807) is 22.9 Å². The molecule has 1 amide bonds. The van der Waals surface area contributed by atoms with Gasteiger partial charge >= 0.3 is 0 Å². The van der Waals surface area contributed by atoms with Crippen molar-refractivity contribution < 1.29 is 9.53 Å². The molecule has 1 aromatic heterocycles. The third-order valence-electron chi connectivity index (χ3n) is 3.65. The molecular formula is C18H19N5O2. The number of aryl methyl sites for hydroxylation is 1. The quantitative estimate of drug-likeness (QED) is 0.746. The lowest BCUT2D eigenvalue weighted by Crippen LogP contribution is -2.25. The van der Waals surface area contributed by atoms with Crippen molar-refractivity contribution in [1.29, 1.82) is 0 Å². The van der Waals surface area contributed by atoms with E-state index in [0.29, 0.717) is 23.7 Å². The normalized spacial score (nSPS) is 10.5. The summed E-state index contributed by atoms with van der Waals surface area (Å²) in [5, 5.41) is 14.5. The third kappa shape index (κ3) is 3.82. The van der Waals surface area contributed by atoms with E-state index < -0.39 is 0 Å². The number of amides is 1. The molecular weight excluding hydrogens is 318 g/mol. The summed E-state index contributed by atoms with van der Waals surface area (Å²) in [6.45, 7) is 4.60. The predicted molar refractivity (Wildman–Crippen MR) is 92.7 cm³/mol. The van der Waals surface area contributed by atoms with Gasteiger partial charge in [-0.15, -0.1) is 5.10 Å². The Labute approximate surface area is 145 Å². The summed E-state index contributed by atoms with van der Waals surface area (Å²) in [4.78, 5) is 12.5. The number of hydrogen-bond donors (Lipinski definition) is 1. The maximum atomic E-state index is 12.5. The van der Waals surface area contributed by atoms with Gasteiger partial charge in [-0.25, -0.2) is 0 Å². The molecule has 1 heterocycles. The second-order valence-electron chi connectivity index (χ2n) is 5.45. The molecule has 1 N–H and O–H groups in total. The van der Waals surface area contributed by atoms with Gasteiger partial charge in [0.25, 0.3) is 5.91 Å². The highest BCUT2D eigenvalue weighted by Gasteiger charge is 2.14. The topological polar surface area (TPSA) is 81.9 Å². The van der Waals surface area contributed by atoms with E-state index in [2.05, 4.69) is 20.8 Å². The van der Waals surface area contributed by atoms with Crippen LogP contribution in [0.2, 0.25) is 0 Å². The van der Waals surface area contributed by atoms with E-state index in [1.165, 1.54) is 0 Å². The number of carbonyl (C=O) groups is 1. The molecule has 7 heteroatoms. The smallest absolute Gasteiger partial charge is 0.255 e. The van der Waals surface area contributed by atoms with Crippen molar-refractivity contribution in [2.24, 2.45) is 0 Å². The molecule has 0 bridgehead atoms. The zero-order chi connectivity index (χ0) is 17.6. The standard InChI is InChI=1S/C18H19N5O2/c1-3-25-16-7-5-4-6-15(16)18(24)19-12-17-20-21-22-23(17)14-10-8-13(2)9-11-14/h4-11H,3,12H2,1-2H3,(H,19,24). The first-order chi connectivity index (χ1) is 12.2. The van der Waals surface area contributed by atoms with Crippen LogP contribution < -0.4 is 10.1 Å². The van der Waals surface area contributed by atoms with Gasteiger partial charge in [-0.3, -0.25) is 4.79 Å². The number of carbonyl (C=O) groups excluding carboxylic acids is 1. The van der Waals surface area contributed by atoms with Crippen LogP contribution in [0.4, 0.5) is 0 Å². The fraction of sp³-hybridized carbons (Fsp3) is 0.222. The summed E-state index contributed by atoms with van der Waals surface area (Å²) >= 11 is 0. The maximum Gasteiger partial charge on any atom is 0.255 e. The van der Waals surface area contributed by atoms with Crippen LogP contribution in [-0.4, -0.2) is 32.7 Å². The summed E-state index contributed by atoms with van der Waals surface area (Å²) in [5.41, 5.74) is 2.48. The molecule has 0 unspecified atom stereocenters. The summed E-state index contributed by atoms with van der Waals surface area (Å²) in [7, 11) is 0. The van der Waals surface area contributed by atoms with Crippen LogP contribution in [0, 0.1) is 6.92 Å². The first kappa shape index (κ1) is 16.6. The SMILES string of the molecule is CCOc1ccccc1C(=O)NCc1nnnn1-c1ccc(C)cc1. The molecule has 25 heavy (non-hydrogen) atoms. The Morgan fingerprint density at radius 2 is 1.92 bits per heavy atom. The second kappa shape index (κ2) is 7.57. The van der Waals surface area contributed by atoms with Gasteiger partial charge in [-0.1, -0.05) is 29.8 Å². The Morgan fingerprint density at radius 3 is 2.68 bits per heavy atom. The van der Waals surface area contributed by atoms with Crippen LogP contribution in [0.1, 0.15) is 28.7 Å². The lowest BCUT2D eigenvalue weighted by molar-refractivity contribution is 0.0946. The number of tetrazole rings is 1. The second-order valence-corrected chi connectivity index (χ2v) is 5.45. The molecule has 0 aliphatic carbocycles. The van der Waals surface area contributed by atoms with E-state index in [0.717, 1.165) is 11.3 Å². The molecule has 0 saturated carbocycles. The van der Waals surface area contributed by atoms with Crippen LogP contribution in [0.15, 0.2) is 48.5 Å². The molecule has 0 aliphatic heterocycles. The summed E-state index contributed by atoms with van der Waals surface area (Å²) < 4.78 is 7.10. The first-order valence-electron chi connectivity index (χ1n) is 8.03. The summed E-state index contributed by atoms with van der Waals surface area (Å²) in [6, 6.07) is 15.0. The number of rotatable bonds is 6. The Kier molecular flexibility index (Phi) is 5.03. The molecule has 0 spiro atoms. The van der Waals surface area contributed by atoms with Gasteiger partial charge in [0.1, 0.15) is 5.75 Å². The van der Waals surface area contributed by atoms with Gasteiger partial charge in [-0.2, -0.15) is 4.68 Å². The lowest BCUT2D eigenvalue weighted by Gasteiger charge is -2.10. The number of hydrogen-bond acceptors (Lipinski definition) is 5. The van der Waals surface area contributed by atoms with Crippen molar-refractivity contribution in [1.82, 2.24) is 25.5 Å². The van der Waals surface area contributed by atoms with Gasteiger partial charge in [0.2, 0.25) is 0 Å².